The molecule has 0 aromatic heterocycles. The van der Waals surface area contributed by atoms with E-state index in [9.17, 15) is 9.13 Å². The molecule has 0 saturated carbocycles. The average molecular weight is 203 g/mol. The molecule has 11 heavy (non-hydrogen) atoms. The van der Waals surface area contributed by atoms with Crippen molar-refractivity contribution in [3.8, 4) is 0 Å². The molecule has 0 atom stereocenters. The summed E-state index contributed by atoms with van der Waals surface area (Å²) < 4.78 is 20.2. The highest BCUT2D eigenvalue weighted by Gasteiger charge is 2.21. The maximum Gasteiger partial charge on any atom is 0.372 e. The third-order valence-corrected chi connectivity index (χ3v) is 2.26. The first-order valence-electron chi connectivity index (χ1n) is 2.22. The molecule has 0 spiro atoms. The van der Waals surface area contributed by atoms with Crippen molar-refractivity contribution < 1.29 is 28.7 Å². The van der Waals surface area contributed by atoms with E-state index < -0.39 is 20.6 Å². The van der Waals surface area contributed by atoms with E-state index in [-0.39, 0.29) is 5.82 Å². The first kappa shape index (κ1) is 10.8. The molecule has 0 aromatic carbocycles. The molecule has 0 radical (unpaired) electrons. The van der Waals surface area contributed by atoms with Gasteiger partial charge in [0.1, 0.15) is 5.44 Å². The van der Waals surface area contributed by atoms with Crippen molar-refractivity contribution in [1.82, 2.24) is 0 Å². The minimum atomic E-state index is -4.71. The van der Waals surface area contributed by atoms with Crippen LogP contribution in [0.5, 0.6) is 0 Å². The topological polar surface area (TPSA) is 141 Å². The van der Waals surface area contributed by atoms with E-state index >= 15 is 0 Å². The van der Waals surface area contributed by atoms with Gasteiger partial charge in [-0.2, -0.15) is 0 Å². The van der Waals surface area contributed by atoms with Crippen LogP contribution in [0, 0.1) is 0 Å². The summed E-state index contributed by atoms with van der Waals surface area (Å²) in [4.78, 5) is 32.8. The fourth-order valence-electron chi connectivity index (χ4n) is 0.248. The third-order valence-electron chi connectivity index (χ3n) is 0.637. The highest BCUT2D eigenvalue weighted by atomic mass is 31.2. The molecule has 9 heteroatoms. The van der Waals surface area contributed by atoms with Crippen molar-refractivity contribution in [1.29, 1.82) is 0 Å². The number of rotatable bonds is 2. The lowest BCUT2D eigenvalue weighted by atomic mass is 11.1. The zero-order valence-electron chi connectivity index (χ0n) is 5.15. The molecular weight excluding hydrogens is 196 g/mol. The van der Waals surface area contributed by atoms with Crippen molar-refractivity contribution in [2.45, 2.75) is 0 Å². The summed E-state index contributed by atoms with van der Waals surface area (Å²) in [7, 11) is -9.30. The standard InChI is InChI=1S/C2H7NO6P2/c3-2(11(7,8)9)1-10(4,5)6/h1H,3H2,(H2,4,5,6)(H2,7,8,9)/b2-1+. The fourth-order valence-corrected chi connectivity index (χ4v) is 1.65. The van der Waals surface area contributed by atoms with E-state index in [4.69, 9.17) is 19.6 Å². The lowest BCUT2D eigenvalue weighted by molar-refractivity contribution is 0.376. The second-order valence-corrected chi connectivity index (χ2v) is 4.73. The quantitative estimate of drug-likeness (QED) is 0.366. The predicted octanol–water partition coefficient (Wildman–Crippen LogP) is -0.901. The Morgan fingerprint density at radius 3 is 1.64 bits per heavy atom. The molecule has 0 bridgehead atoms. The van der Waals surface area contributed by atoms with Gasteiger partial charge in [-0.1, -0.05) is 0 Å². The van der Waals surface area contributed by atoms with E-state index in [1.165, 1.54) is 0 Å². The summed E-state index contributed by atoms with van der Waals surface area (Å²) in [5.74, 6) is 0.0355. The molecule has 0 heterocycles. The first-order valence-corrected chi connectivity index (χ1v) is 5.52. The van der Waals surface area contributed by atoms with Gasteiger partial charge in [-0.15, -0.1) is 0 Å². The van der Waals surface area contributed by atoms with Crippen LogP contribution >= 0.6 is 15.2 Å². The highest BCUT2D eigenvalue weighted by Crippen LogP contribution is 2.47. The van der Waals surface area contributed by atoms with Gasteiger partial charge in [0.15, 0.2) is 0 Å². The van der Waals surface area contributed by atoms with Crippen LogP contribution < -0.4 is 5.73 Å². The normalized spacial score (nSPS) is 15.1. The molecule has 0 aliphatic heterocycles. The van der Waals surface area contributed by atoms with Crippen molar-refractivity contribution in [2.24, 2.45) is 5.73 Å². The molecule has 0 fully saturated rings. The van der Waals surface area contributed by atoms with Crippen LogP contribution in [0.15, 0.2) is 11.3 Å². The molecule has 0 aromatic rings. The molecular formula is C2H7NO6P2. The summed E-state index contributed by atoms with van der Waals surface area (Å²) in [6.07, 6.45) is 0. The van der Waals surface area contributed by atoms with E-state index in [2.05, 4.69) is 5.73 Å². The van der Waals surface area contributed by atoms with Crippen LogP contribution in [0.1, 0.15) is 0 Å². The van der Waals surface area contributed by atoms with Gasteiger partial charge in [0, 0.05) is 0 Å². The summed E-state index contributed by atoms with van der Waals surface area (Å²) in [6, 6.07) is 0. The maximum atomic E-state index is 10.2. The van der Waals surface area contributed by atoms with Crippen LogP contribution in [0.25, 0.3) is 0 Å². The second-order valence-electron chi connectivity index (χ2n) is 1.69. The third kappa shape index (κ3) is 5.15. The minimum absolute atomic E-state index is 0.0355. The SMILES string of the molecule is N/C(=C\P(=O)(O)O)P(=O)(O)O. The summed E-state index contributed by atoms with van der Waals surface area (Å²) >= 11 is 0. The van der Waals surface area contributed by atoms with Crippen LogP contribution in [0.2, 0.25) is 0 Å². The molecule has 7 nitrogen and oxygen atoms in total. The van der Waals surface area contributed by atoms with E-state index in [1.807, 2.05) is 0 Å². The summed E-state index contributed by atoms with van der Waals surface area (Å²) in [6.45, 7) is 0. The van der Waals surface area contributed by atoms with Gasteiger partial charge in [-0.05, 0) is 0 Å². The van der Waals surface area contributed by atoms with E-state index in [1.54, 1.807) is 0 Å². The molecule has 0 saturated heterocycles. The number of nitrogens with two attached hydrogens (primary N) is 1. The number of hydrogen-bond donors (Lipinski definition) is 5. The van der Waals surface area contributed by atoms with Crippen molar-refractivity contribution in [2.75, 3.05) is 0 Å². The average Bonchev–Trinajstić information content (AvgIpc) is 1.56. The summed E-state index contributed by atoms with van der Waals surface area (Å²) in [5, 5.41) is 0. The highest BCUT2D eigenvalue weighted by molar-refractivity contribution is 7.60. The van der Waals surface area contributed by atoms with Gasteiger partial charge in [0.2, 0.25) is 0 Å². The van der Waals surface area contributed by atoms with Crippen LogP contribution in [0.4, 0.5) is 0 Å². The van der Waals surface area contributed by atoms with Gasteiger partial charge in [-0.25, -0.2) is 0 Å². The zero-order valence-corrected chi connectivity index (χ0v) is 6.94. The summed E-state index contributed by atoms with van der Waals surface area (Å²) in [5.41, 5.74) is 3.52. The van der Waals surface area contributed by atoms with E-state index in [0.717, 1.165) is 0 Å². The van der Waals surface area contributed by atoms with Gasteiger partial charge >= 0.3 is 15.2 Å². The smallest absolute Gasteiger partial charge is 0.372 e. The predicted molar refractivity (Wildman–Crippen MR) is 36.4 cm³/mol. The molecule has 0 rings (SSSR count). The monoisotopic (exact) mass is 203 g/mol. The lowest BCUT2D eigenvalue weighted by Gasteiger charge is -2.03. The first-order chi connectivity index (χ1) is 4.63. The minimum Gasteiger partial charge on any atom is -0.392 e. The Kier molecular flexibility index (Phi) is 3.02. The second kappa shape index (κ2) is 3.06. The fraction of sp³-hybridized carbons (Fsp3) is 0. The van der Waals surface area contributed by atoms with Gasteiger partial charge in [-0.3, -0.25) is 9.13 Å². The van der Waals surface area contributed by atoms with Crippen molar-refractivity contribution >= 4 is 15.2 Å². The Hall–Kier alpha value is -0.160. The maximum absolute atomic E-state index is 10.2. The molecule has 6 N–H and O–H groups in total. The zero-order chi connectivity index (χ0) is 9.28. The lowest BCUT2D eigenvalue weighted by Crippen LogP contribution is -1.97. The molecule has 66 valence electrons. The van der Waals surface area contributed by atoms with Crippen LogP contribution in [-0.4, -0.2) is 19.6 Å². The molecule has 0 unspecified atom stereocenters. The number of hydrogen-bond acceptors (Lipinski definition) is 3. The molecule has 0 aliphatic carbocycles. The Morgan fingerprint density at radius 2 is 1.55 bits per heavy atom. The Labute approximate surface area is 61.9 Å². The van der Waals surface area contributed by atoms with Crippen LogP contribution in [0.3, 0.4) is 0 Å². The van der Waals surface area contributed by atoms with E-state index in [0.29, 0.717) is 0 Å². The Balaban J connectivity index is 4.78. The van der Waals surface area contributed by atoms with Gasteiger partial charge < -0.3 is 25.3 Å². The Morgan fingerprint density at radius 1 is 1.18 bits per heavy atom. The molecule has 0 amide bonds. The van der Waals surface area contributed by atoms with Gasteiger partial charge in [0.05, 0.1) is 5.82 Å². The van der Waals surface area contributed by atoms with Crippen molar-refractivity contribution in [3.63, 3.8) is 0 Å². The van der Waals surface area contributed by atoms with Crippen molar-refractivity contribution in [3.05, 3.63) is 11.3 Å². The van der Waals surface area contributed by atoms with Crippen LogP contribution in [-0.2, 0) is 9.13 Å². The Bertz CT molecular complexity index is 258. The molecule has 0 aliphatic rings. The van der Waals surface area contributed by atoms with Gasteiger partial charge in [0.25, 0.3) is 0 Å². The largest absolute Gasteiger partial charge is 0.392 e.